The number of carbonyl (C=O) groups excluding carboxylic acids is 2. The van der Waals surface area contributed by atoms with E-state index in [9.17, 15) is 23.2 Å². The van der Waals surface area contributed by atoms with Crippen molar-refractivity contribution in [2.75, 3.05) is 5.73 Å². The number of aromatic nitrogens is 1. The fraction of sp³-hybridized carbons (Fsp3) is 0. The summed E-state index contributed by atoms with van der Waals surface area (Å²) in [4.78, 5) is 35.2. The van der Waals surface area contributed by atoms with Gasteiger partial charge in [-0.15, -0.1) is 12.6 Å². The van der Waals surface area contributed by atoms with Gasteiger partial charge in [-0.3, -0.25) is 24.3 Å². The Morgan fingerprint density at radius 3 is 2.41 bits per heavy atom. The van der Waals surface area contributed by atoms with E-state index in [1.165, 1.54) is 0 Å². The van der Waals surface area contributed by atoms with Crippen LogP contribution in [0.1, 0.15) is 20.7 Å². The third-order valence-corrected chi connectivity index (χ3v) is 3.53. The number of nitrogen functional groups attached to an aromatic ring is 1. The normalized spacial score (nSPS) is 13.2. The van der Waals surface area contributed by atoms with Gasteiger partial charge in [-0.2, -0.15) is 0 Å². The SMILES string of the molecule is Nc1c2c(cc(=O)n1-c1c(F)cc(F)cc1S)C(=O)NC2=O. The van der Waals surface area contributed by atoms with Crippen LogP contribution in [0.5, 0.6) is 0 Å². The molecule has 112 valence electrons. The number of nitrogens with zero attached hydrogens (tertiary/aromatic N) is 1. The zero-order valence-corrected chi connectivity index (χ0v) is 11.6. The molecule has 0 unspecified atom stereocenters. The molecule has 2 heterocycles. The van der Waals surface area contributed by atoms with Crippen LogP contribution in [0.2, 0.25) is 0 Å². The summed E-state index contributed by atoms with van der Waals surface area (Å²) >= 11 is 3.93. The number of rotatable bonds is 1. The van der Waals surface area contributed by atoms with E-state index in [0.717, 1.165) is 12.1 Å². The number of fused-ring (bicyclic) bond motifs is 1. The van der Waals surface area contributed by atoms with Gasteiger partial charge in [0.1, 0.15) is 11.6 Å². The molecule has 1 aromatic heterocycles. The van der Waals surface area contributed by atoms with Gasteiger partial charge in [0, 0.05) is 17.0 Å². The smallest absolute Gasteiger partial charge is 0.262 e. The van der Waals surface area contributed by atoms with Crippen molar-refractivity contribution in [3.05, 3.63) is 51.3 Å². The molecule has 9 heteroatoms. The number of nitrogens with two attached hydrogens (primary N) is 1. The van der Waals surface area contributed by atoms with Crippen LogP contribution >= 0.6 is 12.6 Å². The lowest BCUT2D eigenvalue weighted by atomic mass is 10.1. The van der Waals surface area contributed by atoms with Gasteiger partial charge in [-0.05, 0) is 6.07 Å². The van der Waals surface area contributed by atoms with Gasteiger partial charge < -0.3 is 5.73 Å². The summed E-state index contributed by atoms with van der Waals surface area (Å²) in [6.45, 7) is 0. The summed E-state index contributed by atoms with van der Waals surface area (Å²) in [5.74, 6) is -3.95. The van der Waals surface area contributed by atoms with Crippen molar-refractivity contribution in [2.24, 2.45) is 0 Å². The molecule has 0 saturated heterocycles. The Hall–Kier alpha value is -2.68. The zero-order chi connectivity index (χ0) is 16.2. The number of hydrogen-bond acceptors (Lipinski definition) is 5. The second-order valence-electron chi connectivity index (χ2n) is 4.53. The average Bonchev–Trinajstić information content (AvgIpc) is 2.67. The summed E-state index contributed by atoms with van der Waals surface area (Å²) in [5, 5.41) is 1.98. The molecule has 0 radical (unpaired) electrons. The molecule has 0 saturated carbocycles. The van der Waals surface area contributed by atoms with Crippen LogP contribution < -0.4 is 16.6 Å². The molecule has 1 aromatic carbocycles. The Kier molecular flexibility index (Phi) is 3.03. The first-order chi connectivity index (χ1) is 10.3. The number of imide groups is 1. The van der Waals surface area contributed by atoms with Crippen LogP contribution in [0.4, 0.5) is 14.6 Å². The molecule has 2 aromatic rings. The number of amides is 2. The highest BCUT2D eigenvalue weighted by Crippen LogP contribution is 2.28. The predicted octanol–water partition coefficient (Wildman–Crippen LogP) is 0.870. The fourth-order valence-electron chi connectivity index (χ4n) is 2.28. The highest BCUT2D eigenvalue weighted by molar-refractivity contribution is 7.80. The maximum atomic E-state index is 14.0. The number of thiol groups is 1. The van der Waals surface area contributed by atoms with Gasteiger partial charge in [-0.1, -0.05) is 0 Å². The highest BCUT2D eigenvalue weighted by atomic mass is 32.1. The summed E-state index contributed by atoms with van der Waals surface area (Å²) in [6.07, 6.45) is 0. The standard InChI is InChI=1S/C13H7F2N3O3S/c14-4-1-6(15)10(7(22)2-4)18-8(19)3-5-9(11(18)16)13(21)17-12(5)20/h1-3,22H,16H2,(H,17,20,21). The first-order valence-corrected chi connectivity index (χ1v) is 6.35. The zero-order valence-electron chi connectivity index (χ0n) is 10.7. The van der Waals surface area contributed by atoms with Crippen LogP contribution in [-0.2, 0) is 0 Å². The molecule has 3 N–H and O–H groups in total. The monoisotopic (exact) mass is 323 g/mol. The molecule has 0 spiro atoms. The van der Waals surface area contributed by atoms with Crippen molar-refractivity contribution in [2.45, 2.75) is 4.90 Å². The van der Waals surface area contributed by atoms with Crippen LogP contribution in [-0.4, -0.2) is 16.4 Å². The average molecular weight is 323 g/mol. The number of nitrogens with one attached hydrogen (secondary N) is 1. The van der Waals surface area contributed by atoms with Gasteiger partial charge in [-0.25, -0.2) is 8.78 Å². The molecule has 2 amide bonds. The van der Waals surface area contributed by atoms with Crippen LogP contribution in [0.25, 0.3) is 5.69 Å². The molecule has 1 aliphatic rings. The quantitative estimate of drug-likeness (QED) is 0.536. The Morgan fingerprint density at radius 2 is 1.77 bits per heavy atom. The third kappa shape index (κ3) is 1.90. The number of benzene rings is 1. The van der Waals surface area contributed by atoms with E-state index in [2.05, 4.69) is 12.6 Å². The Morgan fingerprint density at radius 1 is 1.09 bits per heavy atom. The third-order valence-electron chi connectivity index (χ3n) is 3.18. The highest BCUT2D eigenvalue weighted by Gasteiger charge is 2.32. The topological polar surface area (TPSA) is 94.2 Å². The maximum Gasteiger partial charge on any atom is 0.262 e. The maximum absolute atomic E-state index is 14.0. The molecule has 0 fully saturated rings. The lowest BCUT2D eigenvalue weighted by Crippen LogP contribution is -2.25. The minimum Gasteiger partial charge on any atom is -0.384 e. The van der Waals surface area contributed by atoms with E-state index < -0.39 is 40.5 Å². The fourth-order valence-corrected chi connectivity index (χ4v) is 2.61. The van der Waals surface area contributed by atoms with E-state index in [-0.39, 0.29) is 16.0 Å². The number of hydrogen-bond donors (Lipinski definition) is 3. The van der Waals surface area contributed by atoms with Gasteiger partial charge in [0.2, 0.25) is 0 Å². The number of halogens is 2. The number of pyridine rings is 1. The first-order valence-electron chi connectivity index (χ1n) is 5.91. The molecule has 0 atom stereocenters. The molecular formula is C13H7F2N3O3S. The first kappa shape index (κ1) is 14.3. The number of anilines is 1. The number of carbonyl (C=O) groups is 2. The Bertz CT molecular complexity index is 900. The lowest BCUT2D eigenvalue weighted by Gasteiger charge is -2.14. The molecule has 22 heavy (non-hydrogen) atoms. The van der Waals surface area contributed by atoms with Crippen LogP contribution in [0, 0.1) is 11.6 Å². The second kappa shape index (κ2) is 4.67. The van der Waals surface area contributed by atoms with Crippen molar-refractivity contribution in [3.8, 4) is 5.69 Å². The van der Waals surface area contributed by atoms with Gasteiger partial charge in [0.25, 0.3) is 17.4 Å². The second-order valence-corrected chi connectivity index (χ2v) is 5.01. The Balaban J connectivity index is 2.40. The minimum absolute atomic E-state index is 0.184. The van der Waals surface area contributed by atoms with Crippen molar-refractivity contribution in [1.29, 1.82) is 0 Å². The summed E-state index contributed by atoms with van der Waals surface area (Å²) < 4.78 is 27.8. The summed E-state index contributed by atoms with van der Waals surface area (Å²) in [6, 6.07) is 2.31. The van der Waals surface area contributed by atoms with E-state index in [4.69, 9.17) is 5.73 Å². The largest absolute Gasteiger partial charge is 0.384 e. The summed E-state index contributed by atoms with van der Waals surface area (Å²) in [5.41, 5.74) is 4.08. The van der Waals surface area contributed by atoms with Crippen molar-refractivity contribution in [3.63, 3.8) is 0 Å². The minimum atomic E-state index is -1.08. The van der Waals surface area contributed by atoms with E-state index in [1.54, 1.807) is 0 Å². The van der Waals surface area contributed by atoms with Crippen LogP contribution in [0.3, 0.4) is 0 Å². The van der Waals surface area contributed by atoms with E-state index in [0.29, 0.717) is 10.6 Å². The molecule has 0 bridgehead atoms. The van der Waals surface area contributed by atoms with Gasteiger partial charge >= 0.3 is 0 Å². The van der Waals surface area contributed by atoms with Crippen LogP contribution in [0.15, 0.2) is 27.9 Å². The molecule has 6 nitrogen and oxygen atoms in total. The van der Waals surface area contributed by atoms with Crippen molar-refractivity contribution in [1.82, 2.24) is 9.88 Å². The molecular weight excluding hydrogens is 316 g/mol. The molecule has 0 aliphatic carbocycles. The van der Waals surface area contributed by atoms with Crippen molar-refractivity contribution < 1.29 is 18.4 Å². The summed E-state index contributed by atoms with van der Waals surface area (Å²) in [7, 11) is 0. The Labute approximate surface area is 127 Å². The van der Waals surface area contributed by atoms with Gasteiger partial charge in [0.05, 0.1) is 16.8 Å². The van der Waals surface area contributed by atoms with Gasteiger partial charge in [0.15, 0.2) is 5.82 Å². The lowest BCUT2D eigenvalue weighted by molar-refractivity contribution is 0.0880. The predicted molar refractivity (Wildman–Crippen MR) is 75.4 cm³/mol. The van der Waals surface area contributed by atoms with E-state index in [1.807, 2.05) is 5.32 Å². The molecule has 1 aliphatic heterocycles. The van der Waals surface area contributed by atoms with E-state index >= 15 is 0 Å². The molecule has 3 rings (SSSR count). The van der Waals surface area contributed by atoms with Crippen molar-refractivity contribution >= 4 is 30.3 Å².